The van der Waals surface area contributed by atoms with Crippen LogP contribution in [0.3, 0.4) is 0 Å². The standard InChI is InChI=1S/C17H23N3/c1-12(2)18-11-16-9-14(4)19-17(20-16)10-15-8-6-5-7-13(15)3/h5-9,12,18H,10-11H2,1-4H3. The third-order valence-electron chi connectivity index (χ3n) is 3.25. The second-order valence-corrected chi connectivity index (χ2v) is 5.56. The lowest BCUT2D eigenvalue weighted by molar-refractivity contribution is 0.578. The summed E-state index contributed by atoms with van der Waals surface area (Å²) in [5.41, 5.74) is 4.68. The average Bonchev–Trinajstić information content (AvgIpc) is 2.38. The zero-order valence-electron chi connectivity index (χ0n) is 12.8. The van der Waals surface area contributed by atoms with Gasteiger partial charge in [0.2, 0.25) is 0 Å². The molecule has 0 unspecified atom stereocenters. The van der Waals surface area contributed by atoms with Gasteiger partial charge in [0.05, 0.1) is 5.69 Å². The first kappa shape index (κ1) is 14.7. The summed E-state index contributed by atoms with van der Waals surface area (Å²) in [5, 5.41) is 3.40. The third-order valence-corrected chi connectivity index (χ3v) is 3.25. The Kier molecular flexibility index (Phi) is 4.85. The van der Waals surface area contributed by atoms with E-state index in [1.165, 1.54) is 11.1 Å². The highest BCUT2D eigenvalue weighted by Gasteiger charge is 2.06. The summed E-state index contributed by atoms with van der Waals surface area (Å²) < 4.78 is 0. The highest BCUT2D eigenvalue weighted by atomic mass is 14.9. The van der Waals surface area contributed by atoms with E-state index in [0.29, 0.717) is 6.04 Å². The molecule has 106 valence electrons. The lowest BCUT2D eigenvalue weighted by atomic mass is 10.1. The van der Waals surface area contributed by atoms with E-state index in [-0.39, 0.29) is 0 Å². The molecule has 0 saturated heterocycles. The Hall–Kier alpha value is -1.74. The molecule has 20 heavy (non-hydrogen) atoms. The molecular formula is C17H23N3. The molecule has 2 aromatic rings. The van der Waals surface area contributed by atoms with Crippen LogP contribution in [0, 0.1) is 13.8 Å². The molecule has 0 saturated carbocycles. The van der Waals surface area contributed by atoms with Crippen LogP contribution in [0.2, 0.25) is 0 Å². The molecule has 3 nitrogen and oxygen atoms in total. The van der Waals surface area contributed by atoms with Crippen molar-refractivity contribution in [2.24, 2.45) is 0 Å². The van der Waals surface area contributed by atoms with Gasteiger partial charge in [-0.3, -0.25) is 0 Å². The molecular weight excluding hydrogens is 246 g/mol. The van der Waals surface area contributed by atoms with Crippen LogP contribution in [-0.2, 0) is 13.0 Å². The number of nitrogens with zero attached hydrogens (tertiary/aromatic N) is 2. The summed E-state index contributed by atoms with van der Waals surface area (Å²) in [6, 6.07) is 10.9. The van der Waals surface area contributed by atoms with Crippen LogP contribution in [-0.4, -0.2) is 16.0 Å². The molecule has 0 bridgehead atoms. The van der Waals surface area contributed by atoms with Crippen molar-refractivity contribution >= 4 is 0 Å². The maximum absolute atomic E-state index is 4.67. The number of aromatic nitrogens is 2. The molecule has 1 N–H and O–H groups in total. The maximum Gasteiger partial charge on any atom is 0.133 e. The van der Waals surface area contributed by atoms with Crippen molar-refractivity contribution < 1.29 is 0 Å². The monoisotopic (exact) mass is 269 g/mol. The fourth-order valence-corrected chi connectivity index (χ4v) is 2.16. The number of aryl methyl sites for hydroxylation is 2. The molecule has 0 spiro atoms. The summed E-state index contributed by atoms with van der Waals surface area (Å²) in [5.74, 6) is 0.903. The van der Waals surface area contributed by atoms with Crippen molar-refractivity contribution in [3.63, 3.8) is 0 Å². The third kappa shape index (κ3) is 4.14. The molecule has 0 amide bonds. The number of benzene rings is 1. The summed E-state index contributed by atoms with van der Waals surface area (Å²) >= 11 is 0. The predicted octanol–water partition coefficient (Wildman–Crippen LogP) is 3.18. The van der Waals surface area contributed by atoms with Crippen molar-refractivity contribution in [2.75, 3.05) is 0 Å². The largest absolute Gasteiger partial charge is 0.309 e. The first-order valence-electron chi connectivity index (χ1n) is 7.16. The molecule has 1 aromatic heterocycles. The molecule has 0 aliphatic heterocycles. The van der Waals surface area contributed by atoms with Crippen LogP contribution in [0.15, 0.2) is 30.3 Å². The number of hydrogen-bond donors (Lipinski definition) is 1. The molecule has 0 fully saturated rings. The van der Waals surface area contributed by atoms with Gasteiger partial charge in [0, 0.05) is 24.7 Å². The van der Waals surface area contributed by atoms with Crippen molar-refractivity contribution in [3.05, 3.63) is 58.7 Å². The normalized spacial score (nSPS) is 11.1. The highest BCUT2D eigenvalue weighted by Crippen LogP contribution is 2.12. The summed E-state index contributed by atoms with van der Waals surface area (Å²) in [6.07, 6.45) is 0.795. The van der Waals surface area contributed by atoms with Gasteiger partial charge < -0.3 is 5.32 Å². The quantitative estimate of drug-likeness (QED) is 0.906. The fraction of sp³-hybridized carbons (Fsp3) is 0.412. The van der Waals surface area contributed by atoms with Gasteiger partial charge in [-0.2, -0.15) is 0 Å². The second kappa shape index (κ2) is 6.62. The average molecular weight is 269 g/mol. The van der Waals surface area contributed by atoms with E-state index in [2.05, 4.69) is 66.4 Å². The van der Waals surface area contributed by atoms with Crippen LogP contribution in [0.5, 0.6) is 0 Å². The first-order chi connectivity index (χ1) is 9.54. The second-order valence-electron chi connectivity index (χ2n) is 5.56. The van der Waals surface area contributed by atoms with Gasteiger partial charge >= 0.3 is 0 Å². The Labute approximate surface area is 121 Å². The van der Waals surface area contributed by atoms with E-state index in [1.54, 1.807) is 0 Å². The lowest BCUT2D eigenvalue weighted by Gasteiger charge is -2.10. The van der Waals surface area contributed by atoms with Gasteiger partial charge in [-0.1, -0.05) is 38.1 Å². The number of nitrogens with one attached hydrogen (secondary N) is 1. The number of rotatable bonds is 5. The summed E-state index contributed by atoms with van der Waals surface area (Å²) in [4.78, 5) is 9.23. The van der Waals surface area contributed by atoms with Crippen LogP contribution >= 0.6 is 0 Å². The van der Waals surface area contributed by atoms with Gasteiger partial charge in [-0.25, -0.2) is 9.97 Å². The van der Waals surface area contributed by atoms with Crippen molar-refractivity contribution in [1.29, 1.82) is 0 Å². The summed E-state index contributed by atoms with van der Waals surface area (Å²) in [6.45, 7) is 9.24. The molecule has 0 aliphatic rings. The van der Waals surface area contributed by atoms with E-state index in [9.17, 15) is 0 Å². The Bertz CT molecular complexity index is 576. The Morgan fingerprint density at radius 1 is 1.10 bits per heavy atom. The van der Waals surface area contributed by atoms with Gasteiger partial charge in [0.25, 0.3) is 0 Å². The minimum atomic E-state index is 0.463. The van der Waals surface area contributed by atoms with Gasteiger partial charge in [0.1, 0.15) is 5.82 Å². The Morgan fingerprint density at radius 3 is 2.55 bits per heavy atom. The van der Waals surface area contributed by atoms with Gasteiger partial charge in [-0.15, -0.1) is 0 Å². The van der Waals surface area contributed by atoms with E-state index < -0.39 is 0 Å². The van der Waals surface area contributed by atoms with Gasteiger partial charge in [-0.05, 0) is 31.0 Å². The van der Waals surface area contributed by atoms with Crippen molar-refractivity contribution in [2.45, 2.75) is 46.7 Å². The van der Waals surface area contributed by atoms with E-state index >= 15 is 0 Å². The van der Waals surface area contributed by atoms with Crippen molar-refractivity contribution in [1.82, 2.24) is 15.3 Å². The first-order valence-corrected chi connectivity index (χ1v) is 7.16. The molecule has 0 aliphatic carbocycles. The fourth-order valence-electron chi connectivity index (χ4n) is 2.16. The topological polar surface area (TPSA) is 37.8 Å². The minimum absolute atomic E-state index is 0.463. The highest BCUT2D eigenvalue weighted by molar-refractivity contribution is 5.28. The molecule has 1 heterocycles. The zero-order chi connectivity index (χ0) is 14.5. The summed E-state index contributed by atoms with van der Waals surface area (Å²) in [7, 11) is 0. The van der Waals surface area contributed by atoms with E-state index in [1.807, 2.05) is 6.92 Å². The lowest BCUT2D eigenvalue weighted by Crippen LogP contribution is -2.23. The van der Waals surface area contributed by atoms with Crippen molar-refractivity contribution in [3.8, 4) is 0 Å². The maximum atomic E-state index is 4.67. The minimum Gasteiger partial charge on any atom is -0.309 e. The SMILES string of the molecule is Cc1cc(CNC(C)C)nc(Cc2ccccc2C)n1. The smallest absolute Gasteiger partial charge is 0.133 e. The van der Waals surface area contributed by atoms with Crippen LogP contribution in [0.1, 0.15) is 42.2 Å². The van der Waals surface area contributed by atoms with Crippen LogP contribution < -0.4 is 5.32 Å². The molecule has 2 rings (SSSR count). The molecule has 1 aromatic carbocycles. The zero-order valence-corrected chi connectivity index (χ0v) is 12.8. The molecule has 0 radical (unpaired) electrons. The number of hydrogen-bond acceptors (Lipinski definition) is 3. The predicted molar refractivity (Wildman–Crippen MR) is 82.7 cm³/mol. The molecule has 3 heteroatoms. The van der Waals surface area contributed by atoms with E-state index in [4.69, 9.17) is 0 Å². The Morgan fingerprint density at radius 2 is 1.85 bits per heavy atom. The van der Waals surface area contributed by atoms with E-state index in [0.717, 1.165) is 30.2 Å². The van der Waals surface area contributed by atoms with Gasteiger partial charge in [0.15, 0.2) is 0 Å². The molecule has 0 atom stereocenters. The van der Waals surface area contributed by atoms with Crippen LogP contribution in [0.25, 0.3) is 0 Å². The van der Waals surface area contributed by atoms with Crippen LogP contribution in [0.4, 0.5) is 0 Å². The Balaban J connectivity index is 2.17.